The third-order valence-electron chi connectivity index (χ3n) is 5.49. The first-order valence-electron chi connectivity index (χ1n) is 9.96. The summed E-state index contributed by atoms with van der Waals surface area (Å²) in [5.74, 6) is -0.779. The molecule has 0 bridgehead atoms. The molecule has 11 heteroatoms. The van der Waals surface area contributed by atoms with Crippen LogP contribution in [-0.4, -0.2) is 98.3 Å². The molecule has 0 amide bonds. The second kappa shape index (κ2) is 10.5. The lowest BCUT2D eigenvalue weighted by atomic mass is 9.84. The van der Waals surface area contributed by atoms with Crippen molar-refractivity contribution >= 4 is 5.97 Å². The molecule has 0 unspecified atom stereocenters. The Morgan fingerprint density at radius 3 is 2.44 bits per heavy atom. The van der Waals surface area contributed by atoms with Gasteiger partial charge in [-0.25, -0.2) is 4.79 Å². The molecule has 0 spiro atoms. The maximum Gasteiger partial charge on any atom is 0.338 e. The van der Waals surface area contributed by atoms with Crippen LogP contribution in [0.25, 0.3) is 0 Å². The number of carbonyl (C=O) groups excluding carboxylic acids is 1. The molecule has 1 aliphatic carbocycles. The average Bonchev–Trinajstić information content (AvgIpc) is 2.79. The van der Waals surface area contributed by atoms with Crippen LogP contribution in [0.3, 0.4) is 0 Å². The fourth-order valence-corrected chi connectivity index (χ4v) is 3.72. The van der Waals surface area contributed by atoms with E-state index in [1.165, 1.54) is 12.1 Å². The quantitative estimate of drug-likeness (QED) is 0.214. The third-order valence-corrected chi connectivity index (χ3v) is 5.49. The summed E-state index contributed by atoms with van der Waals surface area (Å²) in [6.07, 6.45) is -12.6. The zero-order valence-electron chi connectivity index (χ0n) is 16.8. The van der Waals surface area contributed by atoms with Gasteiger partial charge >= 0.3 is 5.97 Å². The Hall–Kier alpha value is -2.40. The number of benzene rings is 1. The molecule has 1 saturated carbocycles. The minimum Gasteiger partial charge on any atom is -0.453 e. The first-order valence-corrected chi connectivity index (χ1v) is 9.96. The van der Waals surface area contributed by atoms with Gasteiger partial charge in [0.1, 0.15) is 30.5 Å². The van der Waals surface area contributed by atoms with Crippen molar-refractivity contribution in [2.24, 2.45) is 0 Å². The molecular formula is C21H25NO10. The zero-order valence-corrected chi connectivity index (χ0v) is 16.8. The molecule has 174 valence electrons. The number of aliphatic hydroxyl groups is 6. The van der Waals surface area contributed by atoms with Crippen LogP contribution in [0.1, 0.15) is 16.8 Å². The number of nitriles is 1. The first kappa shape index (κ1) is 24.2. The molecule has 9 atom stereocenters. The Bertz CT molecular complexity index is 854. The van der Waals surface area contributed by atoms with Gasteiger partial charge in [0.2, 0.25) is 0 Å². The van der Waals surface area contributed by atoms with E-state index in [2.05, 4.69) is 0 Å². The van der Waals surface area contributed by atoms with Gasteiger partial charge < -0.3 is 44.8 Å². The van der Waals surface area contributed by atoms with Crippen molar-refractivity contribution in [1.29, 1.82) is 5.26 Å². The van der Waals surface area contributed by atoms with Gasteiger partial charge in [-0.1, -0.05) is 18.2 Å². The van der Waals surface area contributed by atoms with Crippen LogP contribution in [0, 0.1) is 11.3 Å². The fraction of sp³-hybridized carbons (Fsp3) is 0.524. The van der Waals surface area contributed by atoms with Crippen molar-refractivity contribution in [2.75, 3.05) is 6.61 Å². The van der Waals surface area contributed by atoms with Crippen LogP contribution in [0.4, 0.5) is 0 Å². The second-order valence-electron chi connectivity index (χ2n) is 7.58. The number of ether oxygens (including phenoxy) is 3. The van der Waals surface area contributed by atoms with Crippen LogP contribution in [0.15, 0.2) is 42.0 Å². The van der Waals surface area contributed by atoms with Gasteiger partial charge in [0.05, 0.1) is 30.4 Å². The summed E-state index contributed by atoms with van der Waals surface area (Å²) in [7, 11) is 0. The van der Waals surface area contributed by atoms with E-state index in [0.717, 1.165) is 6.08 Å². The lowest BCUT2D eigenvalue weighted by Gasteiger charge is -2.43. The van der Waals surface area contributed by atoms with Gasteiger partial charge in [0.25, 0.3) is 0 Å². The summed E-state index contributed by atoms with van der Waals surface area (Å²) in [5.41, 5.74) is 0.165. The molecule has 1 aromatic rings. The summed E-state index contributed by atoms with van der Waals surface area (Å²) in [6.45, 7) is -0.668. The van der Waals surface area contributed by atoms with Crippen LogP contribution in [0.2, 0.25) is 0 Å². The lowest BCUT2D eigenvalue weighted by molar-refractivity contribution is -0.312. The highest BCUT2D eigenvalue weighted by Crippen LogP contribution is 2.33. The molecule has 2 fully saturated rings. The number of esters is 1. The van der Waals surface area contributed by atoms with Crippen molar-refractivity contribution in [3.8, 4) is 6.07 Å². The number of carbonyl (C=O) groups is 1. The van der Waals surface area contributed by atoms with Gasteiger partial charge in [0, 0.05) is 18.1 Å². The summed E-state index contributed by atoms with van der Waals surface area (Å²) >= 11 is 0. The number of aliphatic hydroxyl groups excluding tert-OH is 6. The van der Waals surface area contributed by atoms with Gasteiger partial charge in [0.15, 0.2) is 12.4 Å². The van der Waals surface area contributed by atoms with Crippen LogP contribution >= 0.6 is 0 Å². The van der Waals surface area contributed by atoms with E-state index in [1.807, 2.05) is 0 Å². The fourth-order valence-electron chi connectivity index (χ4n) is 3.72. The van der Waals surface area contributed by atoms with Crippen molar-refractivity contribution in [1.82, 2.24) is 0 Å². The molecule has 1 aromatic carbocycles. The topological polar surface area (TPSA) is 190 Å². The maximum absolute atomic E-state index is 12.4. The van der Waals surface area contributed by atoms with E-state index >= 15 is 0 Å². The SMILES string of the molecule is N#C/C=C1\[C@H](O[C@@H]2O[C@H](CO)[C@@H](O)[C@H](O)[C@H]2O)C[C@H](O)[C@H](OC(=O)c2ccccc2)[C@H]1O. The van der Waals surface area contributed by atoms with Crippen LogP contribution in [0.5, 0.6) is 0 Å². The van der Waals surface area contributed by atoms with Crippen molar-refractivity contribution < 1.29 is 49.6 Å². The number of nitrogens with zero attached hydrogens (tertiary/aromatic N) is 1. The molecule has 1 heterocycles. The predicted molar refractivity (Wildman–Crippen MR) is 105 cm³/mol. The number of allylic oxidation sites excluding steroid dienone is 1. The Balaban J connectivity index is 1.76. The Morgan fingerprint density at radius 2 is 1.81 bits per heavy atom. The van der Waals surface area contributed by atoms with Gasteiger partial charge in [-0.3, -0.25) is 0 Å². The average molecular weight is 451 g/mol. The van der Waals surface area contributed by atoms with E-state index in [0.29, 0.717) is 0 Å². The monoisotopic (exact) mass is 451 g/mol. The van der Waals surface area contributed by atoms with E-state index in [4.69, 9.17) is 19.5 Å². The molecule has 2 aliphatic rings. The van der Waals surface area contributed by atoms with E-state index in [9.17, 15) is 35.4 Å². The zero-order chi connectivity index (χ0) is 23.4. The van der Waals surface area contributed by atoms with Gasteiger partial charge in [-0.2, -0.15) is 5.26 Å². The van der Waals surface area contributed by atoms with E-state index in [-0.39, 0.29) is 17.6 Å². The number of hydrogen-bond acceptors (Lipinski definition) is 11. The molecule has 11 nitrogen and oxygen atoms in total. The minimum atomic E-state index is -1.71. The van der Waals surface area contributed by atoms with Crippen molar-refractivity contribution in [3.63, 3.8) is 0 Å². The lowest BCUT2D eigenvalue weighted by Crippen LogP contribution is -2.60. The van der Waals surface area contributed by atoms with E-state index < -0.39 is 67.7 Å². The highest BCUT2D eigenvalue weighted by Gasteiger charge is 2.48. The molecule has 3 rings (SSSR count). The summed E-state index contributed by atoms with van der Waals surface area (Å²) in [4.78, 5) is 12.4. The highest BCUT2D eigenvalue weighted by atomic mass is 16.7. The normalized spacial score (nSPS) is 38.8. The summed E-state index contributed by atoms with van der Waals surface area (Å²) in [6, 6.07) is 9.69. The first-order chi connectivity index (χ1) is 15.3. The maximum atomic E-state index is 12.4. The van der Waals surface area contributed by atoms with Crippen LogP contribution < -0.4 is 0 Å². The Kier molecular flexibility index (Phi) is 7.94. The molecule has 1 aliphatic heterocycles. The summed E-state index contributed by atoms with van der Waals surface area (Å²) in [5, 5.41) is 69.7. The smallest absolute Gasteiger partial charge is 0.338 e. The molecule has 0 radical (unpaired) electrons. The molecular weight excluding hydrogens is 426 g/mol. The van der Waals surface area contributed by atoms with Gasteiger partial charge in [-0.15, -0.1) is 0 Å². The Morgan fingerprint density at radius 1 is 1.12 bits per heavy atom. The number of rotatable bonds is 5. The van der Waals surface area contributed by atoms with E-state index in [1.54, 1.807) is 24.3 Å². The van der Waals surface area contributed by atoms with Crippen LogP contribution in [-0.2, 0) is 14.2 Å². The minimum absolute atomic E-state index is 0.0411. The molecule has 6 N–H and O–H groups in total. The Labute approximate surface area is 183 Å². The predicted octanol–water partition coefficient (Wildman–Crippen LogP) is -2.03. The van der Waals surface area contributed by atoms with Crippen molar-refractivity contribution in [3.05, 3.63) is 47.5 Å². The standard InChI is InChI=1S/C21H25NO10/c22-7-6-11-13(30-21-18(28)17(27)16(26)14(9-23)31-21)8-12(24)19(15(11)25)32-20(29)10-4-2-1-3-5-10/h1-6,12-19,21,23-28H,8-9H2/b11-6+/t12-,13+,14+,15-,16+,17-,18+,19-,21+/m0/s1. The molecule has 32 heavy (non-hydrogen) atoms. The van der Waals surface area contributed by atoms with Crippen molar-refractivity contribution in [2.45, 2.75) is 61.5 Å². The second-order valence-corrected chi connectivity index (χ2v) is 7.58. The van der Waals surface area contributed by atoms with Gasteiger partial charge in [-0.05, 0) is 12.1 Å². The third kappa shape index (κ3) is 4.98. The largest absolute Gasteiger partial charge is 0.453 e. The molecule has 1 saturated heterocycles. The highest BCUT2D eigenvalue weighted by molar-refractivity contribution is 5.89. The number of hydrogen-bond donors (Lipinski definition) is 6. The summed E-state index contributed by atoms with van der Waals surface area (Å²) < 4.78 is 16.2. The molecule has 0 aromatic heterocycles.